The van der Waals surface area contributed by atoms with Crippen LogP contribution in [0.1, 0.15) is 29.9 Å². The minimum absolute atomic E-state index is 0.169. The third kappa shape index (κ3) is 3.90. The van der Waals surface area contributed by atoms with Gasteiger partial charge in [0, 0.05) is 5.69 Å². The largest absolute Gasteiger partial charge is 0.478 e. The van der Waals surface area contributed by atoms with Crippen LogP contribution in [-0.2, 0) is 0 Å². The van der Waals surface area contributed by atoms with E-state index in [1.54, 1.807) is 6.92 Å². The molecule has 0 unspecified atom stereocenters. The molecular formula is C9H12ClNO2. The van der Waals surface area contributed by atoms with Gasteiger partial charge in [-0.15, -0.1) is 0 Å². The molecule has 0 radical (unpaired) electrons. The molecule has 0 aliphatic heterocycles. The second kappa shape index (κ2) is 5.54. The Labute approximate surface area is 82.4 Å². The minimum atomic E-state index is -0.989. The van der Waals surface area contributed by atoms with Crippen LogP contribution >= 0.6 is 11.6 Å². The zero-order chi connectivity index (χ0) is 10.4. The van der Waals surface area contributed by atoms with Gasteiger partial charge in [-0.3, -0.25) is 0 Å². The number of aromatic carboxylic acids is 1. The Kier molecular flexibility index (Phi) is 5.07. The summed E-state index contributed by atoms with van der Waals surface area (Å²) in [5.74, 6) is -0.989. The molecular weight excluding hydrogens is 190 g/mol. The maximum absolute atomic E-state index is 10.4. The van der Waals surface area contributed by atoms with Crippen LogP contribution in [0.25, 0.3) is 0 Å². The second-order valence-corrected chi connectivity index (χ2v) is 2.51. The van der Waals surface area contributed by atoms with Crippen molar-refractivity contribution >= 4 is 17.6 Å². The van der Waals surface area contributed by atoms with Gasteiger partial charge >= 0.3 is 5.97 Å². The first kappa shape index (κ1) is 11.9. The number of halogens is 1. The van der Waals surface area contributed by atoms with Crippen LogP contribution in [0, 0.1) is 6.92 Å². The van der Waals surface area contributed by atoms with E-state index in [9.17, 15) is 4.79 Å². The van der Waals surface area contributed by atoms with Crippen molar-refractivity contribution in [1.29, 1.82) is 0 Å². The molecule has 1 heterocycles. The number of aryl methyl sites for hydroxylation is 1. The van der Waals surface area contributed by atoms with Crippen molar-refractivity contribution in [3.63, 3.8) is 0 Å². The van der Waals surface area contributed by atoms with Crippen LogP contribution in [0.4, 0.5) is 0 Å². The lowest BCUT2D eigenvalue weighted by Crippen LogP contribution is -1.97. The zero-order valence-electron chi connectivity index (χ0n) is 7.84. The van der Waals surface area contributed by atoms with Gasteiger partial charge < -0.3 is 5.11 Å². The number of carboxylic acids is 1. The number of hydrogen-bond acceptors (Lipinski definition) is 2. The van der Waals surface area contributed by atoms with E-state index in [-0.39, 0.29) is 10.7 Å². The fraction of sp³-hybridized carbons (Fsp3) is 0.333. The normalized spacial score (nSPS) is 8.62. The van der Waals surface area contributed by atoms with Gasteiger partial charge in [0.05, 0.1) is 5.56 Å². The Hall–Kier alpha value is -1.09. The lowest BCUT2D eigenvalue weighted by molar-refractivity contribution is 0.0696. The van der Waals surface area contributed by atoms with Crippen molar-refractivity contribution < 1.29 is 9.90 Å². The molecule has 72 valence electrons. The van der Waals surface area contributed by atoms with E-state index < -0.39 is 5.97 Å². The quantitative estimate of drug-likeness (QED) is 0.711. The predicted molar refractivity (Wildman–Crippen MR) is 52.3 cm³/mol. The molecule has 0 amide bonds. The average molecular weight is 202 g/mol. The third-order valence-electron chi connectivity index (χ3n) is 1.17. The van der Waals surface area contributed by atoms with Gasteiger partial charge in [0.25, 0.3) is 0 Å². The number of carbonyl (C=O) groups is 1. The Morgan fingerprint density at radius 2 is 2.00 bits per heavy atom. The van der Waals surface area contributed by atoms with Crippen molar-refractivity contribution in [2.75, 3.05) is 0 Å². The molecule has 3 nitrogen and oxygen atoms in total. The molecule has 0 fully saturated rings. The Morgan fingerprint density at radius 1 is 1.46 bits per heavy atom. The van der Waals surface area contributed by atoms with Gasteiger partial charge in [-0.1, -0.05) is 25.4 Å². The summed E-state index contributed by atoms with van der Waals surface area (Å²) >= 11 is 5.52. The maximum Gasteiger partial charge on any atom is 0.335 e. The van der Waals surface area contributed by atoms with Crippen LogP contribution in [0.15, 0.2) is 12.1 Å². The van der Waals surface area contributed by atoms with E-state index in [1.165, 1.54) is 12.1 Å². The maximum atomic E-state index is 10.4. The molecule has 0 spiro atoms. The zero-order valence-corrected chi connectivity index (χ0v) is 8.59. The first-order chi connectivity index (χ1) is 6.09. The fourth-order valence-electron chi connectivity index (χ4n) is 0.752. The molecule has 0 aliphatic carbocycles. The smallest absolute Gasteiger partial charge is 0.335 e. The van der Waals surface area contributed by atoms with Crippen LogP contribution in [-0.4, -0.2) is 16.1 Å². The van der Waals surface area contributed by atoms with Gasteiger partial charge in [0.1, 0.15) is 5.15 Å². The van der Waals surface area contributed by atoms with Crippen molar-refractivity contribution in [3.05, 3.63) is 28.5 Å². The number of nitrogens with zero attached hydrogens (tertiary/aromatic N) is 1. The summed E-state index contributed by atoms with van der Waals surface area (Å²) in [6, 6.07) is 2.78. The van der Waals surface area contributed by atoms with Crippen LogP contribution in [0.5, 0.6) is 0 Å². The summed E-state index contributed by atoms with van der Waals surface area (Å²) in [7, 11) is 0. The Balaban J connectivity index is 0.000000671. The molecule has 4 heteroatoms. The van der Waals surface area contributed by atoms with Crippen LogP contribution in [0.2, 0.25) is 5.15 Å². The Bertz CT molecular complexity index is 279. The highest BCUT2D eigenvalue weighted by atomic mass is 35.5. The van der Waals surface area contributed by atoms with E-state index >= 15 is 0 Å². The van der Waals surface area contributed by atoms with Crippen molar-refractivity contribution in [1.82, 2.24) is 4.98 Å². The molecule has 0 saturated heterocycles. The van der Waals surface area contributed by atoms with Gasteiger partial charge in [0.2, 0.25) is 0 Å². The Morgan fingerprint density at radius 3 is 2.38 bits per heavy atom. The highest BCUT2D eigenvalue weighted by Crippen LogP contribution is 2.09. The predicted octanol–water partition coefficient (Wildman–Crippen LogP) is 2.77. The number of pyridine rings is 1. The van der Waals surface area contributed by atoms with Gasteiger partial charge in [-0.2, -0.15) is 0 Å². The fourth-order valence-corrected chi connectivity index (χ4v) is 1.00. The molecule has 0 aliphatic rings. The SMILES string of the molecule is CC.Cc1cc(C(=O)O)cc(Cl)n1. The molecule has 1 aromatic rings. The van der Waals surface area contributed by atoms with E-state index in [2.05, 4.69) is 4.98 Å². The van der Waals surface area contributed by atoms with Crippen molar-refractivity contribution in [2.24, 2.45) is 0 Å². The molecule has 0 bridgehead atoms. The van der Waals surface area contributed by atoms with E-state index in [1.807, 2.05) is 13.8 Å². The average Bonchev–Trinajstić information content (AvgIpc) is 2.06. The summed E-state index contributed by atoms with van der Waals surface area (Å²) in [6.07, 6.45) is 0. The summed E-state index contributed by atoms with van der Waals surface area (Å²) in [6.45, 7) is 5.69. The summed E-state index contributed by atoms with van der Waals surface area (Å²) in [5, 5.41) is 8.76. The van der Waals surface area contributed by atoms with E-state index in [4.69, 9.17) is 16.7 Å². The van der Waals surface area contributed by atoms with Gasteiger partial charge in [-0.25, -0.2) is 9.78 Å². The number of carboxylic acid groups (broad SMARTS) is 1. The second-order valence-electron chi connectivity index (χ2n) is 2.13. The molecule has 13 heavy (non-hydrogen) atoms. The monoisotopic (exact) mass is 201 g/mol. The molecule has 0 aromatic carbocycles. The molecule has 1 N–H and O–H groups in total. The first-order valence-corrected chi connectivity index (χ1v) is 4.35. The number of aromatic nitrogens is 1. The van der Waals surface area contributed by atoms with Crippen molar-refractivity contribution in [3.8, 4) is 0 Å². The van der Waals surface area contributed by atoms with E-state index in [0.717, 1.165) is 0 Å². The molecule has 1 aromatic heterocycles. The summed E-state index contributed by atoms with van der Waals surface area (Å²) in [5.41, 5.74) is 0.775. The molecule has 0 atom stereocenters. The number of rotatable bonds is 1. The topological polar surface area (TPSA) is 50.2 Å². The number of hydrogen-bond donors (Lipinski definition) is 1. The van der Waals surface area contributed by atoms with Gasteiger partial charge in [-0.05, 0) is 19.1 Å². The lowest BCUT2D eigenvalue weighted by Gasteiger charge is -1.96. The molecule has 1 rings (SSSR count). The van der Waals surface area contributed by atoms with Crippen molar-refractivity contribution in [2.45, 2.75) is 20.8 Å². The first-order valence-electron chi connectivity index (χ1n) is 3.97. The van der Waals surface area contributed by atoms with Crippen LogP contribution < -0.4 is 0 Å². The minimum Gasteiger partial charge on any atom is -0.478 e. The van der Waals surface area contributed by atoms with Crippen LogP contribution in [0.3, 0.4) is 0 Å². The van der Waals surface area contributed by atoms with E-state index in [0.29, 0.717) is 5.69 Å². The lowest BCUT2D eigenvalue weighted by atomic mass is 10.2. The molecule has 0 saturated carbocycles. The standard InChI is InChI=1S/C7H6ClNO2.C2H6/c1-4-2-5(7(10)11)3-6(8)9-4;1-2/h2-3H,1H3,(H,10,11);1-2H3. The highest BCUT2D eigenvalue weighted by Gasteiger charge is 2.04. The summed E-state index contributed by atoms with van der Waals surface area (Å²) in [4.78, 5) is 14.2. The summed E-state index contributed by atoms with van der Waals surface area (Å²) < 4.78 is 0. The third-order valence-corrected chi connectivity index (χ3v) is 1.36. The highest BCUT2D eigenvalue weighted by molar-refractivity contribution is 6.29. The van der Waals surface area contributed by atoms with Gasteiger partial charge in [0.15, 0.2) is 0 Å².